The lowest BCUT2D eigenvalue weighted by Crippen LogP contribution is -2.43. The molecule has 0 saturated carbocycles. The molecule has 0 aliphatic rings. The van der Waals surface area contributed by atoms with Gasteiger partial charge in [0.05, 0.1) is 13.1 Å². The van der Waals surface area contributed by atoms with Crippen molar-refractivity contribution in [2.24, 2.45) is 0 Å². The normalized spacial score (nSPS) is 11.0. The second-order valence-corrected chi connectivity index (χ2v) is 7.33. The summed E-state index contributed by atoms with van der Waals surface area (Å²) in [5.41, 5.74) is 5.63. The Morgan fingerprint density at radius 2 is 1.45 bits per heavy atom. The number of nitrogens with zero attached hydrogens (tertiary/aromatic N) is 5. The number of aromatic nitrogens is 5. The van der Waals surface area contributed by atoms with Crippen molar-refractivity contribution in [3.8, 4) is 0 Å². The number of anilines is 2. The molecule has 0 fully saturated rings. The van der Waals surface area contributed by atoms with Crippen LogP contribution in [0.25, 0.3) is 0 Å². The van der Waals surface area contributed by atoms with Gasteiger partial charge in [-0.25, -0.2) is 27.9 Å². The largest absolute Gasteiger partial charge is 0.369 e. The minimum atomic E-state index is -0.746. The Morgan fingerprint density at radius 3 is 2.00 bits per heavy atom. The number of nitrogen functional groups attached to an aromatic ring is 1. The molecule has 0 unspecified atom stereocenters. The molecular formula is C22H21F2N7O2. The van der Waals surface area contributed by atoms with Crippen LogP contribution in [0, 0.1) is 11.6 Å². The standard InChI is InChI=1S/C22H21F2N7O2/c23-17-5-1-15(2-6-17)13-30-20(27-10-12-29-11-9-26-19(29)25)28-21(32)31(22(30)33)14-16-3-7-18(24)8-4-16/h1-9,11H,10,12-14H2,(H2,25,26)(H,27,28,32). The van der Waals surface area contributed by atoms with Gasteiger partial charge in [0.1, 0.15) is 11.6 Å². The van der Waals surface area contributed by atoms with Crippen molar-refractivity contribution < 1.29 is 8.78 Å². The maximum Gasteiger partial charge on any atom is 0.355 e. The molecule has 3 N–H and O–H groups in total. The summed E-state index contributed by atoms with van der Waals surface area (Å²) in [6.45, 7) is 0.736. The zero-order chi connectivity index (χ0) is 23.4. The van der Waals surface area contributed by atoms with E-state index in [4.69, 9.17) is 5.73 Å². The molecule has 170 valence electrons. The third-order valence-electron chi connectivity index (χ3n) is 5.04. The molecule has 0 aliphatic heterocycles. The molecule has 0 bridgehead atoms. The summed E-state index contributed by atoms with van der Waals surface area (Å²) >= 11 is 0. The van der Waals surface area contributed by atoms with Crippen LogP contribution in [0.5, 0.6) is 0 Å². The minimum absolute atomic E-state index is 0.0609. The van der Waals surface area contributed by atoms with E-state index in [0.29, 0.717) is 30.2 Å². The number of nitrogens with one attached hydrogen (secondary N) is 1. The lowest BCUT2D eigenvalue weighted by Gasteiger charge is -2.16. The highest BCUT2D eigenvalue weighted by molar-refractivity contribution is 5.27. The van der Waals surface area contributed by atoms with Gasteiger partial charge < -0.3 is 15.6 Å². The van der Waals surface area contributed by atoms with Gasteiger partial charge in [-0.2, -0.15) is 4.98 Å². The maximum absolute atomic E-state index is 13.3. The van der Waals surface area contributed by atoms with E-state index < -0.39 is 23.0 Å². The van der Waals surface area contributed by atoms with Crippen molar-refractivity contribution in [3.63, 3.8) is 0 Å². The highest BCUT2D eigenvalue weighted by Crippen LogP contribution is 2.08. The topological polar surface area (TPSA) is 113 Å². The molecule has 4 rings (SSSR count). The van der Waals surface area contributed by atoms with Crippen molar-refractivity contribution in [1.29, 1.82) is 0 Å². The summed E-state index contributed by atoms with van der Waals surface area (Å²) in [5, 5.41) is 3.00. The van der Waals surface area contributed by atoms with Gasteiger partial charge in [-0.1, -0.05) is 24.3 Å². The Kier molecular flexibility index (Phi) is 6.29. The van der Waals surface area contributed by atoms with Crippen LogP contribution in [0.15, 0.2) is 70.5 Å². The van der Waals surface area contributed by atoms with Gasteiger partial charge in [0, 0.05) is 25.5 Å². The van der Waals surface area contributed by atoms with Crippen LogP contribution in [0.3, 0.4) is 0 Å². The van der Waals surface area contributed by atoms with E-state index in [2.05, 4.69) is 15.3 Å². The number of imidazole rings is 1. The summed E-state index contributed by atoms with van der Waals surface area (Å²) in [6.07, 6.45) is 3.27. The molecule has 0 atom stereocenters. The summed E-state index contributed by atoms with van der Waals surface area (Å²) in [6, 6.07) is 11.2. The monoisotopic (exact) mass is 453 g/mol. The Labute approximate surface area is 186 Å². The minimum Gasteiger partial charge on any atom is -0.369 e. The third-order valence-corrected chi connectivity index (χ3v) is 5.04. The summed E-state index contributed by atoms with van der Waals surface area (Å²) in [4.78, 5) is 33.9. The molecule has 2 aromatic heterocycles. The van der Waals surface area contributed by atoms with E-state index in [1.54, 1.807) is 29.1 Å². The predicted octanol–water partition coefficient (Wildman–Crippen LogP) is 1.67. The maximum atomic E-state index is 13.3. The van der Waals surface area contributed by atoms with Crippen LogP contribution in [-0.2, 0) is 19.6 Å². The van der Waals surface area contributed by atoms with Crippen LogP contribution < -0.4 is 22.4 Å². The average molecular weight is 453 g/mol. The first-order valence-corrected chi connectivity index (χ1v) is 10.1. The number of nitrogens with two attached hydrogens (primary N) is 1. The Balaban J connectivity index is 1.66. The summed E-state index contributed by atoms with van der Waals surface area (Å²) in [7, 11) is 0. The third kappa shape index (κ3) is 5.14. The SMILES string of the molecule is Nc1nccn1CCNc1nc(=O)n(Cc2ccc(F)cc2)c(=O)n1Cc1ccc(F)cc1. The molecule has 0 spiro atoms. The summed E-state index contributed by atoms with van der Waals surface area (Å²) in [5.74, 6) is -0.413. The molecular weight excluding hydrogens is 432 g/mol. The summed E-state index contributed by atoms with van der Waals surface area (Å²) < 4.78 is 30.5. The van der Waals surface area contributed by atoms with E-state index in [1.165, 1.54) is 41.0 Å². The first-order valence-electron chi connectivity index (χ1n) is 10.1. The molecule has 11 heteroatoms. The Bertz CT molecular complexity index is 1360. The van der Waals surface area contributed by atoms with E-state index in [1.807, 2.05) is 0 Å². The van der Waals surface area contributed by atoms with Crippen LogP contribution in [0.1, 0.15) is 11.1 Å². The molecule has 0 amide bonds. The van der Waals surface area contributed by atoms with Crippen molar-refractivity contribution in [1.82, 2.24) is 23.7 Å². The average Bonchev–Trinajstić information content (AvgIpc) is 3.21. The Morgan fingerprint density at radius 1 is 0.879 bits per heavy atom. The fraction of sp³-hybridized carbons (Fsp3) is 0.182. The van der Waals surface area contributed by atoms with Gasteiger partial charge in [-0.15, -0.1) is 0 Å². The van der Waals surface area contributed by atoms with Gasteiger partial charge in [-0.05, 0) is 35.4 Å². The van der Waals surface area contributed by atoms with E-state index >= 15 is 0 Å². The molecule has 0 saturated heterocycles. The van der Waals surface area contributed by atoms with Gasteiger partial charge in [0.15, 0.2) is 5.95 Å². The fourth-order valence-electron chi connectivity index (χ4n) is 3.30. The lowest BCUT2D eigenvalue weighted by molar-refractivity contribution is 0.581. The van der Waals surface area contributed by atoms with Crippen molar-refractivity contribution in [2.75, 3.05) is 17.6 Å². The van der Waals surface area contributed by atoms with E-state index in [9.17, 15) is 18.4 Å². The van der Waals surface area contributed by atoms with Crippen molar-refractivity contribution >= 4 is 11.9 Å². The van der Waals surface area contributed by atoms with Gasteiger partial charge in [0.25, 0.3) is 0 Å². The second-order valence-electron chi connectivity index (χ2n) is 7.33. The molecule has 0 aliphatic carbocycles. The van der Waals surface area contributed by atoms with Gasteiger partial charge in [0.2, 0.25) is 5.95 Å². The van der Waals surface area contributed by atoms with Crippen molar-refractivity contribution in [3.05, 3.63) is 105 Å². The van der Waals surface area contributed by atoms with Crippen LogP contribution >= 0.6 is 0 Å². The zero-order valence-electron chi connectivity index (χ0n) is 17.5. The first-order chi connectivity index (χ1) is 15.9. The molecule has 0 radical (unpaired) electrons. The highest BCUT2D eigenvalue weighted by atomic mass is 19.1. The number of rotatable bonds is 8. The van der Waals surface area contributed by atoms with E-state index in [0.717, 1.165) is 4.57 Å². The van der Waals surface area contributed by atoms with Crippen LogP contribution in [0.4, 0.5) is 20.7 Å². The second kappa shape index (κ2) is 9.47. The predicted molar refractivity (Wildman–Crippen MR) is 119 cm³/mol. The lowest BCUT2D eigenvalue weighted by atomic mass is 10.2. The first kappa shape index (κ1) is 21.9. The number of halogens is 2. The molecule has 2 heterocycles. The highest BCUT2D eigenvalue weighted by Gasteiger charge is 2.14. The number of hydrogen-bond acceptors (Lipinski definition) is 6. The molecule has 33 heavy (non-hydrogen) atoms. The molecule has 2 aromatic carbocycles. The molecule has 4 aromatic rings. The number of hydrogen-bond donors (Lipinski definition) is 2. The smallest absolute Gasteiger partial charge is 0.355 e. The van der Waals surface area contributed by atoms with E-state index in [-0.39, 0.29) is 19.0 Å². The fourth-order valence-corrected chi connectivity index (χ4v) is 3.30. The zero-order valence-corrected chi connectivity index (χ0v) is 17.5. The van der Waals surface area contributed by atoms with Gasteiger partial charge >= 0.3 is 11.4 Å². The Hall–Kier alpha value is -4.28. The van der Waals surface area contributed by atoms with Crippen LogP contribution in [0.2, 0.25) is 0 Å². The van der Waals surface area contributed by atoms with Crippen LogP contribution in [-0.4, -0.2) is 30.2 Å². The quantitative estimate of drug-likeness (QED) is 0.420. The van der Waals surface area contributed by atoms with Gasteiger partial charge in [-0.3, -0.25) is 4.57 Å². The number of benzene rings is 2. The van der Waals surface area contributed by atoms with Crippen molar-refractivity contribution in [2.45, 2.75) is 19.6 Å². The molecule has 9 nitrogen and oxygen atoms in total.